The van der Waals surface area contributed by atoms with Gasteiger partial charge in [0, 0.05) is 6.07 Å². The number of benzene rings is 1. The van der Waals surface area contributed by atoms with E-state index in [4.69, 9.17) is 4.52 Å². The number of carbonyl (C=O) groups excluding carboxylic acids is 1. The van der Waals surface area contributed by atoms with Crippen LogP contribution in [0, 0.1) is 6.92 Å². The zero-order valence-corrected chi connectivity index (χ0v) is 11.8. The van der Waals surface area contributed by atoms with Gasteiger partial charge in [-0.25, -0.2) is 0 Å². The van der Waals surface area contributed by atoms with Crippen LogP contribution in [0.25, 0.3) is 0 Å². The number of aromatic nitrogens is 1. The van der Waals surface area contributed by atoms with Gasteiger partial charge in [0.15, 0.2) is 0 Å². The number of anilines is 1. The largest absolute Gasteiger partial charge is 0.418 e. The third-order valence-corrected chi connectivity index (χ3v) is 3.01. The number of alkyl halides is 3. The first-order valence-corrected chi connectivity index (χ1v) is 6.36. The van der Waals surface area contributed by atoms with Gasteiger partial charge >= 0.3 is 6.18 Å². The number of aryl methyl sites for hydroxylation is 1. The molecule has 0 saturated heterocycles. The van der Waals surface area contributed by atoms with Crippen molar-refractivity contribution in [1.82, 2.24) is 4.74 Å². The summed E-state index contributed by atoms with van der Waals surface area (Å²) < 4.78 is 44.5. The SMILES string of the molecule is Cc1cc(=O)n([C@@H](C)C(=O)Nc2ccccc2C(F)(F)F)o1. The summed E-state index contributed by atoms with van der Waals surface area (Å²) in [7, 11) is 0. The Labute approximate surface area is 123 Å². The molecule has 1 heterocycles. The van der Waals surface area contributed by atoms with Crippen LogP contribution in [0.15, 0.2) is 39.6 Å². The van der Waals surface area contributed by atoms with Gasteiger partial charge in [0.05, 0.1) is 11.3 Å². The van der Waals surface area contributed by atoms with Gasteiger partial charge in [-0.05, 0) is 26.0 Å². The number of hydrogen-bond donors (Lipinski definition) is 1. The van der Waals surface area contributed by atoms with E-state index in [9.17, 15) is 22.8 Å². The lowest BCUT2D eigenvalue weighted by atomic mass is 10.1. The molecule has 0 aliphatic heterocycles. The molecule has 0 aliphatic carbocycles. The molecule has 0 fully saturated rings. The van der Waals surface area contributed by atoms with Gasteiger partial charge in [0.2, 0.25) is 0 Å². The zero-order chi connectivity index (χ0) is 16.5. The first kappa shape index (κ1) is 15.9. The molecule has 22 heavy (non-hydrogen) atoms. The van der Waals surface area contributed by atoms with Crippen LogP contribution in [0.2, 0.25) is 0 Å². The van der Waals surface area contributed by atoms with E-state index in [2.05, 4.69) is 5.32 Å². The van der Waals surface area contributed by atoms with E-state index in [0.717, 1.165) is 16.9 Å². The Balaban J connectivity index is 2.26. The maximum atomic E-state index is 12.9. The monoisotopic (exact) mass is 314 g/mol. The summed E-state index contributed by atoms with van der Waals surface area (Å²) in [5.41, 5.74) is -1.87. The number of amides is 1. The lowest BCUT2D eigenvalue weighted by Crippen LogP contribution is -2.29. The van der Waals surface area contributed by atoms with Gasteiger partial charge in [-0.2, -0.15) is 17.9 Å². The minimum atomic E-state index is -4.59. The highest BCUT2D eigenvalue weighted by Gasteiger charge is 2.34. The Morgan fingerprint density at radius 2 is 1.95 bits per heavy atom. The van der Waals surface area contributed by atoms with Crippen LogP contribution in [-0.4, -0.2) is 10.6 Å². The quantitative estimate of drug-likeness (QED) is 0.947. The van der Waals surface area contributed by atoms with Gasteiger partial charge in [-0.15, -0.1) is 0 Å². The van der Waals surface area contributed by atoms with E-state index < -0.39 is 29.2 Å². The molecule has 5 nitrogen and oxygen atoms in total. The zero-order valence-electron chi connectivity index (χ0n) is 11.8. The van der Waals surface area contributed by atoms with Crippen LogP contribution in [0.3, 0.4) is 0 Å². The number of rotatable bonds is 3. The fourth-order valence-electron chi connectivity index (χ4n) is 1.92. The average Bonchev–Trinajstić information content (AvgIpc) is 2.76. The van der Waals surface area contributed by atoms with Crippen molar-refractivity contribution in [1.29, 1.82) is 0 Å². The summed E-state index contributed by atoms with van der Waals surface area (Å²) in [6.07, 6.45) is -4.59. The highest BCUT2D eigenvalue weighted by atomic mass is 19.4. The summed E-state index contributed by atoms with van der Waals surface area (Å²) in [5, 5.41) is 2.17. The number of halogens is 3. The number of nitrogens with zero attached hydrogens (tertiary/aromatic N) is 1. The molecule has 1 aromatic heterocycles. The summed E-state index contributed by atoms with van der Waals surface area (Å²) in [5.74, 6) is -0.478. The highest BCUT2D eigenvalue weighted by Crippen LogP contribution is 2.34. The summed E-state index contributed by atoms with van der Waals surface area (Å²) >= 11 is 0. The second-order valence-electron chi connectivity index (χ2n) is 4.72. The summed E-state index contributed by atoms with van der Waals surface area (Å²) in [4.78, 5) is 23.6. The van der Waals surface area contributed by atoms with E-state index in [1.165, 1.54) is 32.0 Å². The van der Waals surface area contributed by atoms with Crippen LogP contribution in [0.1, 0.15) is 24.3 Å². The van der Waals surface area contributed by atoms with Crippen LogP contribution in [0.5, 0.6) is 0 Å². The maximum absolute atomic E-state index is 12.9. The molecule has 2 rings (SSSR count). The molecule has 0 saturated carbocycles. The van der Waals surface area contributed by atoms with Crippen molar-refractivity contribution >= 4 is 11.6 Å². The third kappa shape index (κ3) is 3.21. The van der Waals surface area contributed by atoms with E-state index in [1.807, 2.05) is 0 Å². The Morgan fingerprint density at radius 1 is 1.32 bits per heavy atom. The van der Waals surface area contributed by atoms with E-state index in [1.54, 1.807) is 0 Å². The molecule has 1 atom stereocenters. The minimum Gasteiger partial charge on any atom is -0.380 e. The predicted octanol–water partition coefficient (Wildman–Crippen LogP) is 2.97. The molecule has 1 aromatic carbocycles. The maximum Gasteiger partial charge on any atom is 0.418 e. The molecule has 8 heteroatoms. The predicted molar refractivity (Wildman–Crippen MR) is 72.5 cm³/mol. The van der Waals surface area contributed by atoms with Crippen molar-refractivity contribution in [3.8, 4) is 0 Å². The van der Waals surface area contributed by atoms with Gasteiger partial charge in [0.1, 0.15) is 11.8 Å². The Morgan fingerprint density at radius 3 is 2.50 bits per heavy atom. The second-order valence-corrected chi connectivity index (χ2v) is 4.72. The van der Waals surface area contributed by atoms with E-state index >= 15 is 0 Å². The normalized spacial score (nSPS) is 13.0. The van der Waals surface area contributed by atoms with Crippen molar-refractivity contribution in [3.05, 3.63) is 52.0 Å². The molecular formula is C14H13F3N2O3. The second kappa shape index (κ2) is 5.70. The molecular weight excluding hydrogens is 301 g/mol. The van der Waals surface area contributed by atoms with Crippen LogP contribution < -0.4 is 10.9 Å². The van der Waals surface area contributed by atoms with E-state index in [-0.39, 0.29) is 5.69 Å². The van der Waals surface area contributed by atoms with Crippen LogP contribution in [0.4, 0.5) is 18.9 Å². The van der Waals surface area contributed by atoms with Gasteiger partial charge in [-0.3, -0.25) is 9.59 Å². The Bertz CT molecular complexity index is 746. The standard InChI is InChI=1S/C14H13F3N2O3/c1-8-7-12(20)19(22-8)9(2)13(21)18-11-6-4-3-5-10(11)14(15,16)17/h3-7,9H,1-2H3,(H,18,21)/t9-/m0/s1. The molecule has 0 unspecified atom stereocenters. The molecule has 0 bridgehead atoms. The first-order valence-electron chi connectivity index (χ1n) is 6.36. The van der Waals surface area contributed by atoms with Crippen molar-refractivity contribution in [2.24, 2.45) is 0 Å². The molecule has 0 aliphatic rings. The first-order chi connectivity index (χ1) is 10.2. The lowest BCUT2D eigenvalue weighted by Gasteiger charge is -2.16. The van der Waals surface area contributed by atoms with Crippen molar-refractivity contribution < 1.29 is 22.5 Å². The molecule has 1 amide bonds. The molecule has 118 valence electrons. The molecule has 2 aromatic rings. The van der Waals surface area contributed by atoms with Crippen molar-refractivity contribution in [3.63, 3.8) is 0 Å². The van der Waals surface area contributed by atoms with Crippen molar-refractivity contribution in [2.75, 3.05) is 5.32 Å². The van der Waals surface area contributed by atoms with Crippen molar-refractivity contribution in [2.45, 2.75) is 26.1 Å². The topological polar surface area (TPSA) is 64.2 Å². The fourth-order valence-corrected chi connectivity index (χ4v) is 1.92. The van der Waals surface area contributed by atoms with Gasteiger partial charge in [-0.1, -0.05) is 12.1 Å². The average molecular weight is 314 g/mol. The van der Waals surface area contributed by atoms with Gasteiger partial charge in [0.25, 0.3) is 11.5 Å². The molecule has 0 spiro atoms. The van der Waals surface area contributed by atoms with E-state index in [0.29, 0.717) is 5.76 Å². The minimum absolute atomic E-state index is 0.306. The highest BCUT2D eigenvalue weighted by molar-refractivity contribution is 5.94. The number of hydrogen-bond acceptors (Lipinski definition) is 3. The number of nitrogens with one attached hydrogen (secondary N) is 1. The summed E-state index contributed by atoms with van der Waals surface area (Å²) in [6, 6.07) is 4.71. The molecule has 0 radical (unpaired) electrons. The van der Waals surface area contributed by atoms with Gasteiger partial charge < -0.3 is 9.84 Å². The molecule has 1 N–H and O–H groups in total. The smallest absolute Gasteiger partial charge is 0.380 e. The lowest BCUT2D eigenvalue weighted by molar-refractivity contribution is -0.137. The summed E-state index contributed by atoms with van der Waals surface area (Å²) in [6.45, 7) is 2.89. The number of carbonyl (C=O) groups is 1. The Kier molecular flexibility index (Phi) is 4.11. The number of para-hydroxylation sites is 1. The van der Waals surface area contributed by atoms with Crippen LogP contribution in [-0.2, 0) is 11.0 Å². The van der Waals surface area contributed by atoms with Crippen LogP contribution >= 0.6 is 0 Å². The fraction of sp³-hybridized carbons (Fsp3) is 0.286. The third-order valence-electron chi connectivity index (χ3n) is 3.01. The Hall–Kier alpha value is -2.51.